The van der Waals surface area contributed by atoms with Gasteiger partial charge in [-0.15, -0.1) is 16.0 Å². The van der Waals surface area contributed by atoms with Gasteiger partial charge >= 0.3 is 16.2 Å². The van der Waals surface area contributed by atoms with Crippen molar-refractivity contribution in [2.45, 2.75) is 23.2 Å². The molecule has 0 aliphatic carbocycles. The quantitative estimate of drug-likeness (QED) is 0.228. The van der Waals surface area contributed by atoms with Gasteiger partial charge in [-0.3, -0.25) is 21.6 Å². The molecule has 0 spiro atoms. The Kier molecular flexibility index (Phi) is 7.74. The van der Waals surface area contributed by atoms with E-state index < -0.39 is 37.4 Å². The second kappa shape index (κ2) is 9.14. The Labute approximate surface area is 160 Å². The number of nitro benzene ring substituents is 1. The summed E-state index contributed by atoms with van der Waals surface area (Å²) in [6, 6.07) is 4.10. The van der Waals surface area contributed by atoms with Crippen LogP contribution in [0.3, 0.4) is 0 Å². The monoisotopic (exact) mass is 420 g/mol. The molecule has 1 aromatic carbocycles. The van der Waals surface area contributed by atoms with Crippen molar-refractivity contribution >= 4 is 39.2 Å². The SMILES string of the molecule is C=C(c1cc(SCCC)ccc1[N+](=O)[O-])C(N)(N)S(=O)(=O)ONC(=O)OC. The molecule has 1 aromatic rings. The van der Waals surface area contributed by atoms with Gasteiger partial charge in [0.2, 0.25) is 4.99 Å². The van der Waals surface area contributed by atoms with E-state index in [0.717, 1.165) is 19.3 Å². The van der Waals surface area contributed by atoms with Crippen LogP contribution in [0.2, 0.25) is 0 Å². The van der Waals surface area contributed by atoms with Crippen molar-refractivity contribution < 1.29 is 27.2 Å². The number of nitrogens with zero attached hydrogens (tertiary/aromatic N) is 1. The Balaban J connectivity index is 3.31. The van der Waals surface area contributed by atoms with Gasteiger partial charge in [-0.05, 0) is 24.3 Å². The predicted octanol–water partition coefficient (Wildman–Crippen LogP) is 1.30. The van der Waals surface area contributed by atoms with E-state index in [9.17, 15) is 23.3 Å². The third-order valence-corrected chi connectivity index (χ3v) is 5.84. The molecule has 0 heterocycles. The second-order valence-electron chi connectivity index (χ2n) is 5.19. The average molecular weight is 420 g/mol. The fourth-order valence-electron chi connectivity index (χ4n) is 1.79. The highest BCUT2D eigenvalue weighted by Gasteiger charge is 2.43. The van der Waals surface area contributed by atoms with Crippen LogP contribution >= 0.6 is 11.8 Å². The lowest BCUT2D eigenvalue weighted by atomic mass is 10.0. The number of benzene rings is 1. The Bertz CT molecular complexity index is 840. The molecule has 0 bridgehead atoms. The van der Waals surface area contributed by atoms with Crippen molar-refractivity contribution in [2.24, 2.45) is 11.5 Å². The number of hydroxylamine groups is 1. The number of amides is 1. The van der Waals surface area contributed by atoms with Crippen molar-refractivity contribution in [3.05, 3.63) is 40.5 Å². The van der Waals surface area contributed by atoms with Crippen LogP contribution in [-0.4, -0.2) is 37.3 Å². The van der Waals surface area contributed by atoms with Gasteiger partial charge in [0.15, 0.2) is 0 Å². The number of carbonyl (C=O) groups is 1. The molecule has 0 aromatic heterocycles. The maximum absolute atomic E-state index is 12.2. The number of nitro groups is 1. The average Bonchev–Trinajstić information content (AvgIpc) is 2.63. The summed E-state index contributed by atoms with van der Waals surface area (Å²) in [5, 5.41) is 11.3. The molecular weight excluding hydrogens is 400 g/mol. The number of hydrogen-bond acceptors (Lipinski definition) is 10. The van der Waals surface area contributed by atoms with Crippen molar-refractivity contribution in [2.75, 3.05) is 12.9 Å². The first kappa shape index (κ1) is 22.9. The number of ether oxygens (including phenoxy) is 1. The van der Waals surface area contributed by atoms with E-state index in [1.807, 2.05) is 6.92 Å². The molecule has 0 aliphatic rings. The lowest BCUT2D eigenvalue weighted by molar-refractivity contribution is -0.385. The van der Waals surface area contributed by atoms with E-state index in [1.165, 1.54) is 35.4 Å². The molecule has 0 radical (unpaired) electrons. The van der Waals surface area contributed by atoms with E-state index in [0.29, 0.717) is 4.90 Å². The molecule has 1 rings (SSSR count). The molecule has 0 saturated heterocycles. The second-order valence-corrected chi connectivity index (χ2v) is 8.11. The normalized spacial score (nSPS) is 11.7. The van der Waals surface area contributed by atoms with Gasteiger partial charge in [-0.1, -0.05) is 13.5 Å². The van der Waals surface area contributed by atoms with Gasteiger partial charge in [0.25, 0.3) is 5.69 Å². The summed E-state index contributed by atoms with van der Waals surface area (Å²) in [7, 11) is -3.89. The summed E-state index contributed by atoms with van der Waals surface area (Å²) in [5.41, 5.74) is 11.7. The van der Waals surface area contributed by atoms with Gasteiger partial charge in [0.05, 0.1) is 17.6 Å². The van der Waals surface area contributed by atoms with Gasteiger partial charge in [-0.25, -0.2) is 4.79 Å². The summed E-state index contributed by atoms with van der Waals surface area (Å²) in [5.74, 6) is 0.741. The third kappa shape index (κ3) is 5.40. The fourth-order valence-corrected chi connectivity index (χ4v) is 3.32. The number of nitrogens with two attached hydrogens (primary N) is 2. The minimum atomic E-state index is -4.87. The van der Waals surface area contributed by atoms with E-state index in [-0.39, 0.29) is 5.56 Å². The molecule has 150 valence electrons. The maximum atomic E-state index is 12.2. The zero-order valence-electron chi connectivity index (χ0n) is 14.6. The number of nitrogens with one attached hydrogen (secondary N) is 1. The van der Waals surface area contributed by atoms with Crippen LogP contribution in [-0.2, 0) is 19.1 Å². The Hall–Kier alpha value is -2.19. The van der Waals surface area contributed by atoms with Crippen LogP contribution in [0.1, 0.15) is 18.9 Å². The number of hydrogen-bond donors (Lipinski definition) is 3. The van der Waals surface area contributed by atoms with E-state index >= 15 is 0 Å². The molecule has 13 heteroatoms. The van der Waals surface area contributed by atoms with Crippen molar-refractivity contribution in [1.82, 2.24) is 5.48 Å². The number of methoxy groups -OCH3 is 1. The first-order chi connectivity index (χ1) is 12.5. The Morgan fingerprint density at radius 3 is 2.59 bits per heavy atom. The van der Waals surface area contributed by atoms with Crippen LogP contribution < -0.4 is 16.9 Å². The molecule has 5 N–H and O–H groups in total. The smallest absolute Gasteiger partial charge is 0.432 e. The summed E-state index contributed by atoms with van der Waals surface area (Å²) < 4.78 is 32.9. The van der Waals surface area contributed by atoms with Crippen molar-refractivity contribution in [3.8, 4) is 0 Å². The van der Waals surface area contributed by atoms with Crippen LogP contribution in [0, 0.1) is 10.1 Å². The summed E-state index contributed by atoms with van der Waals surface area (Å²) >= 11 is 1.41. The molecule has 0 unspecified atom stereocenters. The van der Waals surface area contributed by atoms with E-state index in [4.69, 9.17) is 11.5 Å². The molecular formula is C14H20N4O7S2. The highest BCUT2D eigenvalue weighted by molar-refractivity contribution is 7.99. The topological polar surface area (TPSA) is 177 Å². The summed E-state index contributed by atoms with van der Waals surface area (Å²) in [6.45, 7) is 5.47. The van der Waals surface area contributed by atoms with Gasteiger partial charge < -0.3 is 4.74 Å². The van der Waals surface area contributed by atoms with Gasteiger partial charge in [-0.2, -0.15) is 13.9 Å². The lowest BCUT2D eigenvalue weighted by Crippen LogP contribution is -2.58. The van der Waals surface area contributed by atoms with E-state index in [1.54, 1.807) is 0 Å². The van der Waals surface area contributed by atoms with Crippen LogP contribution in [0.15, 0.2) is 29.7 Å². The highest BCUT2D eigenvalue weighted by Crippen LogP contribution is 2.35. The molecule has 27 heavy (non-hydrogen) atoms. The number of thioether (sulfide) groups is 1. The zero-order valence-corrected chi connectivity index (χ0v) is 16.3. The van der Waals surface area contributed by atoms with Crippen molar-refractivity contribution in [1.29, 1.82) is 0 Å². The lowest BCUT2D eigenvalue weighted by Gasteiger charge is -2.25. The zero-order chi connectivity index (χ0) is 20.8. The number of carbonyl (C=O) groups excluding carboxylic acids is 1. The third-order valence-electron chi connectivity index (χ3n) is 3.27. The summed E-state index contributed by atoms with van der Waals surface area (Å²) in [6.07, 6.45) is -0.360. The molecule has 1 amide bonds. The first-order valence-electron chi connectivity index (χ1n) is 7.43. The maximum Gasteiger partial charge on any atom is 0.432 e. The minimum Gasteiger partial charge on any atom is -0.451 e. The number of rotatable bonds is 9. The predicted molar refractivity (Wildman–Crippen MR) is 99.8 cm³/mol. The van der Waals surface area contributed by atoms with Gasteiger partial charge in [0.1, 0.15) is 0 Å². The molecule has 0 fully saturated rings. The Morgan fingerprint density at radius 2 is 2.07 bits per heavy atom. The largest absolute Gasteiger partial charge is 0.451 e. The fraction of sp³-hybridized carbons (Fsp3) is 0.357. The molecule has 0 saturated carbocycles. The van der Waals surface area contributed by atoms with E-state index in [2.05, 4.69) is 15.6 Å². The molecule has 0 atom stereocenters. The minimum absolute atomic E-state index is 0.170. The molecule has 11 nitrogen and oxygen atoms in total. The van der Waals surface area contributed by atoms with Gasteiger partial charge in [0, 0.05) is 16.5 Å². The van der Waals surface area contributed by atoms with Crippen LogP contribution in [0.25, 0.3) is 5.57 Å². The Morgan fingerprint density at radius 1 is 1.44 bits per heavy atom. The summed E-state index contributed by atoms with van der Waals surface area (Å²) in [4.78, 5) is 19.4. The van der Waals surface area contributed by atoms with Crippen molar-refractivity contribution in [3.63, 3.8) is 0 Å². The van der Waals surface area contributed by atoms with Crippen LogP contribution in [0.4, 0.5) is 10.5 Å². The molecule has 0 aliphatic heterocycles. The van der Waals surface area contributed by atoms with Crippen LogP contribution in [0.5, 0.6) is 0 Å². The first-order valence-corrected chi connectivity index (χ1v) is 9.83. The standard InChI is InChI=1S/C14H20N4O7S2/c1-4-7-26-10-5-6-12(18(20)21)11(8-10)9(2)14(15,16)27(22,23)25-17-13(19)24-3/h5-6,8H,2,4,7,15-16H2,1,3H3,(H,17,19). The highest BCUT2D eigenvalue weighted by atomic mass is 32.2.